The van der Waals surface area contributed by atoms with Crippen LogP contribution in [0.3, 0.4) is 0 Å². The van der Waals surface area contributed by atoms with E-state index in [1.54, 1.807) is 0 Å². The SMILES string of the molecule is CC(c1ccccc1)n1ccc2c(CN3C(=O)CSC3=O)cccc21. The molecule has 25 heavy (non-hydrogen) atoms. The van der Waals surface area contributed by atoms with Crippen molar-refractivity contribution in [2.75, 3.05) is 5.75 Å². The number of hydrogen-bond acceptors (Lipinski definition) is 3. The van der Waals surface area contributed by atoms with Gasteiger partial charge in [-0.05, 0) is 30.2 Å². The van der Waals surface area contributed by atoms with Crippen LogP contribution in [0.4, 0.5) is 4.79 Å². The maximum absolute atomic E-state index is 11.9. The van der Waals surface area contributed by atoms with Crippen molar-refractivity contribution >= 4 is 33.8 Å². The molecule has 1 fully saturated rings. The lowest BCUT2D eigenvalue weighted by Crippen LogP contribution is -2.27. The van der Waals surface area contributed by atoms with E-state index in [1.165, 1.54) is 10.5 Å². The molecule has 1 saturated heterocycles. The summed E-state index contributed by atoms with van der Waals surface area (Å²) in [5.41, 5.74) is 3.35. The number of carbonyl (C=O) groups is 2. The van der Waals surface area contributed by atoms with Crippen molar-refractivity contribution in [3.8, 4) is 0 Å². The van der Waals surface area contributed by atoms with Gasteiger partial charge >= 0.3 is 0 Å². The standard InChI is InChI=1S/C20H18N2O2S/c1-14(15-6-3-2-4-7-15)21-11-10-17-16(8-5-9-18(17)21)12-22-19(23)13-25-20(22)24/h2-11,14H,12-13H2,1H3. The van der Waals surface area contributed by atoms with Gasteiger partial charge in [-0.25, -0.2) is 0 Å². The molecular formula is C20H18N2O2S. The molecule has 5 heteroatoms. The van der Waals surface area contributed by atoms with Gasteiger partial charge in [-0.15, -0.1) is 0 Å². The second-order valence-corrected chi connectivity index (χ2v) is 7.12. The highest BCUT2D eigenvalue weighted by molar-refractivity contribution is 8.14. The van der Waals surface area contributed by atoms with Gasteiger partial charge in [-0.2, -0.15) is 0 Å². The van der Waals surface area contributed by atoms with E-state index < -0.39 is 0 Å². The van der Waals surface area contributed by atoms with E-state index in [9.17, 15) is 9.59 Å². The van der Waals surface area contributed by atoms with Gasteiger partial charge < -0.3 is 4.57 Å². The average Bonchev–Trinajstić information content (AvgIpc) is 3.21. The van der Waals surface area contributed by atoms with Crippen LogP contribution in [-0.4, -0.2) is 26.4 Å². The Morgan fingerprint density at radius 2 is 1.84 bits per heavy atom. The molecule has 4 nitrogen and oxygen atoms in total. The minimum absolute atomic E-state index is 0.107. The zero-order valence-corrected chi connectivity index (χ0v) is 14.7. The van der Waals surface area contributed by atoms with Crippen LogP contribution >= 0.6 is 11.8 Å². The summed E-state index contributed by atoms with van der Waals surface area (Å²) in [5.74, 6) is 0.144. The van der Waals surface area contributed by atoms with E-state index in [0.29, 0.717) is 6.54 Å². The number of hydrogen-bond donors (Lipinski definition) is 0. The lowest BCUT2D eigenvalue weighted by Gasteiger charge is -2.17. The molecule has 3 aromatic rings. The van der Waals surface area contributed by atoms with Crippen LogP contribution in [0.1, 0.15) is 24.1 Å². The van der Waals surface area contributed by atoms with E-state index in [2.05, 4.69) is 42.0 Å². The molecule has 1 unspecified atom stereocenters. The molecule has 0 radical (unpaired) electrons. The number of imide groups is 1. The van der Waals surface area contributed by atoms with Gasteiger partial charge in [-0.1, -0.05) is 54.2 Å². The fourth-order valence-electron chi connectivity index (χ4n) is 3.32. The van der Waals surface area contributed by atoms with Gasteiger partial charge in [0.15, 0.2) is 0 Å². The molecular weight excluding hydrogens is 332 g/mol. The summed E-state index contributed by atoms with van der Waals surface area (Å²) < 4.78 is 2.23. The van der Waals surface area contributed by atoms with E-state index in [0.717, 1.165) is 28.2 Å². The Hall–Kier alpha value is -2.53. The van der Waals surface area contributed by atoms with Crippen molar-refractivity contribution < 1.29 is 9.59 Å². The number of benzene rings is 2. The van der Waals surface area contributed by atoms with E-state index in [-0.39, 0.29) is 22.9 Å². The van der Waals surface area contributed by atoms with Crippen LogP contribution in [0, 0.1) is 0 Å². The third kappa shape index (κ3) is 2.85. The normalized spacial score (nSPS) is 16.0. The van der Waals surface area contributed by atoms with Crippen molar-refractivity contribution in [2.24, 2.45) is 0 Å². The lowest BCUT2D eigenvalue weighted by atomic mass is 10.1. The minimum Gasteiger partial charge on any atom is -0.340 e. The van der Waals surface area contributed by atoms with Crippen molar-refractivity contribution in [3.63, 3.8) is 0 Å². The van der Waals surface area contributed by atoms with Gasteiger partial charge in [0.25, 0.3) is 5.24 Å². The number of thioether (sulfide) groups is 1. The maximum atomic E-state index is 11.9. The summed E-state index contributed by atoms with van der Waals surface area (Å²) in [6.45, 7) is 2.51. The largest absolute Gasteiger partial charge is 0.340 e. The number of aromatic nitrogens is 1. The molecule has 2 amide bonds. The van der Waals surface area contributed by atoms with Gasteiger partial charge in [0.2, 0.25) is 5.91 Å². The monoisotopic (exact) mass is 350 g/mol. The first kappa shape index (κ1) is 16.0. The van der Waals surface area contributed by atoms with E-state index in [1.807, 2.05) is 30.3 Å². The van der Waals surface area contributed by atoms with Crippen LogP contribution in [-0.2, 0) is 11.3 Å². The first-order valence-corrected chi connectivity index (χ1v) is 9.24. The van der Waals surface area contributed by atoms with Gasteiger partial charge in [-0.3, -0.25) is 14.5 Å². The van der Waals surface area contributed by atoms with E-state index in [4.69, 9.17) is 0 Å². The van der Waals surface area contributed by atoms with Crippen molar-refractivity contribution in [2.45, 2.75) is 19.5 Å². The predicted molar refractivity (Wildman–Crippen MR) is 101 cm³/mol. The molecule has 0 aliphatic carbocycles. The highest BCUT2D eigenvalue weighted by atomic mass is 32.2. The van der Waals surface area contributed by atoms with Crippen LogP contribution in [0.15, 0.2) is 60.8 Å². The third-order valence-electron chi connectivity index (χ3n) is 4.72. The highest BCUT2D eigenvalue weighted by Gasteiger charge is 2.30. The number of carbonyl (C=O) groups excluding carboxylic acids is 2. The molecule has 1 aliphatic heterocycles. The van der Waals surface area contributed by atoms with Crippen molar-refractivity contribution in [3.05, 3.63) is 71.9 Å². The second-order valence-electron chi connectivity index (χ2n) is 6.19. The Morgan fingerprint density at radius 1 is 1.04 bits per heavy atom. The molecule has 2 aromatic carbocycles. The molecule has 4 rings (SSSR count). The summed E-state index contributed by atoms with van der Waals surface area (Å²) in [6.07, 6.45) is 2.08. The lowest BCUT2D eigenvalue weighted by molar-refractivity contribution is -0.124. The Kier molecular flexibility index (Phi) is 4.09. The van der Waals surface area contributed by atoms with Crippen LogP contribution in [0.25, 0.3) is 10.9 Å². The average molecular weight is 350 g/mol. The molecule has 126 valence electrons. The first-order valence-electron chi connectivity index (χ1n) is 8.25. The molecule has 0 spiro atoms. The summed E-state index contributed by atoms with van der Waals surface area (Å²) in [4.78, 5) is 25.1. The molecule has 0 saturated carbocycles. The first-order chi connectivity index (χ1) is 12.1. The quantitative estimate of drug-likeness (QED) is 0.698. The van der Waals surface area contributed by atoms with Crippen LogP contribution in [0.2, 0.25) is 0 Å². The Bertz CT molecular complexity index is 933. The summed E-state index contributed by atoms with van der Waals surface area (Å²) in [7, 11) is 0. The summed E-state index contributed by atoms with van der Waals surface area (Å²) in [6, 6.07) is 18.7. The minimum atomic E-state index is -0.154. The predicted octanol–water partition coefficient (Wildman–Crippen LogP) is 4.45. The topological polar surface area (TPSA) is 42.3 Å². The Labute approximate surface area is 150 Å². The Morgan fingerprint density at radius 3 is 2.56 bits per heavy atom. The highest BCUT2D eigenvalue weighted by Crippen LogP contribution is 2.29. The molecule has 2 heterocycles. The molecule has 1 aromatic heterocycles. The number of nitrogens with zero attached hydrogens (tertiary/aromatic N) is 2. The molecule has 1 aliphatic rings. The van der Waals surface area contributed by atoms with Gasteiger partial charge in [0.05, 0.1) is 18.3 Å². The van der Waals surface area contributed by atoms with Crippen molar-refractivity contribution in [1.29, 1.82) is 0 Å². The molecule has 0 bridgehead atoms. The van der Waals surface area contributed by atoms with Gasteiger partial charge in [0, 0.05) is 17.1 Å². The zero-order chi connectivity index (χ0) is 17.4. The fourth-order valence-corrected chi connectivity index (χ4v) is 4.05. The summed E-state index contributed by atoms with van der Waals surface area (Å²) in [5, 5.41) is 0.932. The van der Waals surface area contributed by atoms with Crippen LogP contribution in [0.5, 0.6) is 0 Å². The molecule has 0 N–H and O–H groups in total. The maximum Gasteiger partial charge on any atom is 0.289 e. The fraction of sp³-hybridized carbons (Fsp3) is 0.200. The number of amides is 2. The molecule has 1 atom stereocenters. The second kappa shape index (κ2) is 6.41. The van der Waals surface area contributed by atoms with Gasteiger partial charge in [0.1, 0.15) is 0 Å². The van der Waals surface area contributed by atoms with E-state index >= 15 is 0 Å². The Balaban J connectivity index is 1.71. The number of rotatable bonds is 4. The number of fused-ring (bicyclic) bond motifs is 1. The van der Waals surface area contributed by atoms with Crippen LogP contribution < -0.4 is 0 Å². The smallest absolute Gasteiger partial charge is 0.289 e. The van der Waals surface area contributed by atoms with Crippen molar-refractivity contribution in [1.82, 2.24) is 9.47 Å². The summed E-state index contributed by atoms with van der Waals surface area (Å²) >= 11 is 1.08. The third-order valence-corrected chi connectivity index (χ3v) is 5.58. The zero-order valence-electron chi connectivity index (χ0n) is 13.9.